The fourth-order valence-electron chi connectivity index (χ4n) is 2.13. The van der Waals surface area contributed by atoms with Gasteiger partial charge in [-0.2, -0.15) is 4.39 Å². The number of nitro benzene ring substituents is 1. The van der Waals surface area contributed by atoms with E-state index in [-0.39, 0.29) is 0 Å². The fourth-order valence-corrected chi connectivity index (χ4v) is 2.13. The van der Waals surface area contributed by atoms with Gasteiger partial charge in [0.1, 0.15) is 0 Å². The number of imidazole rings is 1. The van der Waals surface area contributed by atoms with Crippen molar-refractivity contribution in [1.82, 2.24) is 14.9 Å². The van der Waals surface area contributed by atoms with Gasteiger partial charge in [0.2, 0.25) is 5.82 Å². The monoisotopic (exact) mass is 290 g/mol. The minimum atomic E-state index is -0.812. The average Bonchev–Trinajstić information content (AvgIpc) is 3.16. The van der Waals surface area contributed by atoms with Crippen LogP contribution < -0.4 is 5.32 Å². The summed E-state index contributed by atoms with van der Waals surface area (Å²) >= 11 is 0. The topological polar surface area (TPSA) is 73.0 Å². The van der Waals surface area contributed by atoms with E-state index in [0.717, 1.165) is 12.2 Å². The molecule has 3 rings (SSSR count). The first kappa shape index (κ1) is 13.7. The summed E-state index contributed by atoms with van der Waals surface area (Å²) in [7, 11) is 0. The van der Waals surface area contributed by atoms with Crippen molar-refractivity contribution in [2.45, 2.75) is 32.0 Å². The van der Waals surface area contributed by atoms with E-state index in [9.17, 15) is 14.5 Å². The first-order valence-electron chi connectivity index (χ1n) is 6.78. The molecular formula is C14H15FN4O2. The van der Waals surface area contributed by atoms with Crippen molar-refractivity contribution >= 4 is 5.69 Å². The van der Waals surface area contributed by atoms with E-state index in [2.05, 4.69) is 10.3 Å². The van der Waals surface area contributed by atoms with Crippen molar-refractivity contribution in [1.29, 1.82) is 0 Å². The van der Waals surface area contributed by atoms with E-state index >= 15 is 0 Å². The zero-order chi connectivity index (χ0) is 14.8. The van der Waals surface area contributed by atoms with E-state index in [0.29, 0.717) is 18.2 Å². The number of aromatic nitrogens is 2. The summed E-state index contributed by atoms with van der Waals surface area (Å²) in [5.74, 6) is -0.812. The van der Waals surface area contributed by atoms with Gasteiger partial charge in [-0.15, -0.1) is 0 Å². The maximum absolute atomic E-state index is 13.5. The van der Waals surface area contributed by atoms with Crippen LogP contribution in [0.3, 0.4) is 0 Å². The molecule has 1 aromatic heterocycles. The molecule has 0 aliphatic heterocycles. The summed E-state index contributed by atoms with van der Waals surface area (Å²) in [6.45, 7) is 1.16. The van der Waals surface area contributed by atoms with Gasteiger partial charge in [-0.3, -0.25) is 10.1 Å². The van der Waals surface area contributed by atoms with Crippen molar-refractivity contribution < 1.29 is 9.31 Å². The van der Waals surface area contributed by atoms with E-state index in [1.165, 1.54) is 25.0 Å². The maximum Gasteiger partial charge on any atom is 0.304 e. The van der Waals surface area contributed by atoms with Gasteiger partial charge in [-0.05, 0) is 24.5 Å². The number of benzene rings is 1. The predicted octanol–water partition coefficient (Wildman–Crippen LogP) is 2.23. The molecule has 0 amide bonds. The smallest absolute Gasteiger partial charge is 0.304 e. The molecule has 1 aliphatic carbocycles. The Morgan fingerprint density at radius 1 is 1.48 bits per heavy atom. The Bertz CT molecular complexity index is 667. The van der Waals surface area contributed by atoms with Gasteiger partial charge < -0.3 is 9.88 Å². The van der Waals surface area contributed by atoms with Crippen molar-refractivity contribution in [2.75, 3.05) is 0 Å². The third-order valence-corrected chi connectivity index (χ3v) is 3.41. The standard InChI is InChI=1S/C14H15FN4O2/c15-13-5-10(1-4-14(13)19(20)21)7-18-8-12(17-9-18)6-16-11-2-3-11/h1,4-5,8-9,11,16H,2-3,6-7H2. The second-order valence-electron chi connectivity index (χ2n) is 5.24. The van der Waals surface area contributed by atoms with Crippen LogP contribution >= 0.6 is 0 Å². The van der Waals surface area contributed by atoms with Crippen LogP contribution in [0.2, 0.25) is 0 Å². The zero-order valence-electron chi connectivity index (χ0n) is 11.3. The number of hydrogen-bond acceptors (Lipinski definition) is 4. The fraction of sp³-hybridized carbons (Fsp3) is 0.357. The average molecular weight is 290 g/mol. The van der Waals surface area contributed by atoms with Crippen LogP contribution in [0.1, 0.15) is 24.1 Å². The molecule has 1 heterocycles. The van der Waals surface area contributed by atoms with Crippen LogP contribution in [0.4, 0.5) is 10.1 Å². The molecule has 1 saturated carbocycles. The Balaban J connectivity index is 1.65. The summed E-state index contributed by atoms with van der Waals surface area (Å²) in [5.41, 5.74) is 1.10. The Morgan fingerprint density at radius 3 is 2.95 bits per heavy atom. The van der Waals surface area contributed by atoms with Gasteiger partial charge in [0.25, 0.3) is 0 Å². The number of nitrogens with zero attached hydrogens (tertiary/aromatic N) is 3. The third kappa shape index (κ3) is 3.43. The van der Waals surface area contributed by atoms with Gasteiger partial charge in [0.05, 0.1) is 16.9 Å². The first-order chi connectivity index (χ1) is 10.1. The largest absolute Gasteiger partial charge is 0.333 e. The van der Waals surface area contributed by atoms with Crippen LogP contribution in [0.15, 0.2) is 30.7 Å². The highest BCUT2D eigenvalue weighted by Crippen LogP contribution is 2.20. The van der Waals surface area contributed by atoms with Crippen LogP contribution in [0.25, 0.3) is 0 Å². The molecule has 21 heavy (non-hydrogen) atoms. The Labute approximate surface area is 120 Å². The summed E-state index contributed by atoms with van der Waals surface area (Å²) in [6, 6.07) is 4.57. The van der Waals surface area contributed by atoms with E-state index in [1.54, 1.807) is 12.4 Å². The lowest BCUT2D eigenvalue weighted by atomic mass is 10.2. The van der Waals surface area contributed by atoms with Gasteiger partial charge in [-0.1, -0.05) is 6.07 Å². The summed E-state index contributed by atoms with van der Waals surface area (Å²) in [4.78, 5) is 14.1. The zero-order valence-corrected chi connectivity index (χ0v) is 11.3. The van der Waals surface area contributed by atoms with Crippen LogP contribution in [-0.4, -0.2) is 20.5 Å². The van der Waals surface area contributed by atoms with Crippen molar-refractivity contribution in [2.24, 2.45) is 0 Å². The summed E-state index contributed by atoms with van der Waals surface area (Å²) < 4.78 is 15.4. The lowest BCUT2D eigenvalue weighted by Gasteiger charge is -2.03. The molecule has 0 atom stereocenters. The van der Waals surface area contributed by atoms with Gasteiger partial charge in [0.15, 0.2) is 0 Å². The van der Waals surface area contributed by atoms with Crippen molar-refractivity contribution in [3.63, 3.8) is 0 Å². The normalized spacial score (nSPS) is 14.3. The third-order valence-electron chi connectivity index (χ3n) is 3.41. The highest BCUT2D eigenvalue weighted by Gasteiger charge is 2.20. The minimum absolute atomic E-state index is 0.436. The molecule has 6 nitrogen and oxygen atoms in total. The molecule has 0 spiro atoms. The maximum atomic E-state index is 13.5. The van der Waals surface area contributed by atoms with E-state index in [1.807, 2.05) is 10.8 Å². The predicted molar refractivity (Wildman–Crippen MR) is 74.2 cm³/mol. The number of nitro groups is 1. The molecule has 7 heteroatoms. The second kappa shape index (κ2) is 5.61. The Morgan fingerprint density at radius 2 is 2.29 bits per heavy atom. The first-order valence-corrected chi connectivity index (χ1v) is 6.78. The van der Waals surface area contributed by atoms with E-state index < -0.39 is 16.4 Å². The highest BCUT2D eigenvalue weighted by atomic mass is 19.1. The van der Waals surface area contributed by atoms with Gasteiger partial charge in [-0.25, -0.2) is 4.98 Å². The molecule has 0 radical (unpaired) electrons. The molecule has 1 N–H and O–H groups in total. The van der Waals surface area contributed by atoms with Gasteiger partial charge >= 0.3 is 5.69 Å². The molecule has 0 bridgehead atoms. The Kier molecular flexibility index (Phi) is 3.66. The minimum Gasteiger partial charge on any atom is -0.333 e. The molecule has 1 fully saturated rings. The SMILES string of the molecule is O=[N+]([O-])c1ccc(Cn2cnc(CNC3CC3)c2)cc1F. The molecule has 110 valence electrons. The highest BCUT2D eigenvalue weighted by molar-refractivity contribution is 5.35. The van der Waals surface area contributed by atoms with Crippen LogP contribution in [0.5, 0.6) is 0 Å². The molecule has 0 unspecified atom stereocenters. The van der Waals surface area contributed by atoms with E-state index in [4.69, 9.17) is 0 Å². The number of rotatable bonds is 6. The molecule has 1 aromatic carbocycles. The van der Waals surface area contributed by atoms with Gasteiger partial charge in [0, 0.05) is 31.4 Å². The number of halogens is 1. The molecular weight excluding hydrogens is 275 g/mol. The quantitative estimate of drug-likeness (QED) is 0.654. The second-order valence-corrected chi connectivity index (χ2v) is 5.24. The Hall–Kier alpha value is -2.28. The number of nitrogens with one attached hydrogen (secondary N) is 1. The summed E-state index contributed by atoms with van der Waals surface area (Å²) in [5, 5.41) is 13.9. The molecule has 1 aliphatic rings. The van der Waals surface area contributed by atoms with Crippen molar-refractivity contribution in [3.05, 3.63) is 57.9 Å². The number of hydrogen-bond donors (Lipinski definition) is 1. The molecule has 2 aromatic rings. The van der Waals surface area contributed by atoms with Crippen molar-refractivity contribution in [3.8, 4) is 0 Å². The van der Waals surface area contributed by atoms with Crippen LogP contribution in [0, 0.1) is 15.9 Å². The molecule has 0 saturated heterocycles. The lowest BCUT2D eigenvalue weighted by molar-refractivity contribution is -0.387. The lowest BCUT2D eigenvalue weighted by Crippen LogP contribution is -2.15. The van der Waals surface area contributed by atoms with Crippen LogP contribution in [-0.2, 0) is 13.1 Å². The summed E-state index contributed by atoms with van der Waals surface area (Å²) in [6.07, 6.45) is 6.03.